The second kappa shape index (κ2) is 10.7. The number of likely N-dealkylation sites (tertiary alicyclic amines) is 1. The van der Waals surface area contributed by atoms with Gasteiger partial charge in [0.05, 0.1) is 23.2 Å². The maximum absolute atomic E-state index is 12.2. The molecule has 4 aromatic rings. The Morgan fingerprint density at radius 1 is 1.14 bits per heavy atom. The van der Waals surface area contributed by atoms with Gasteiger partial charge in [-0.3, -0.25) is 9.55 Å². The van der Waals surface area contributed by atoms with E-state index in [0.717, 1.165) is 29.3 Å². The highest BCUT2D eigenvalue weighted by Crippen LogP contribution is 2.34. The Labute approximate surface area is 210 Å². The van der Waals surface area contributed by atoms with E-state index in [1.165, 1.54) is 25.9 Å². The smallest absolute Gasteiger partial charge is 0.326 e. The predicted molar refractivity (Wildman–Crippen MR) is 139 cm³/mol. The molecule has 0 spiro atoms. The summed E-state index contributed by atoms with van der Waals surface area (Å²) in [6, 6.07) is 14.9. The van der Waals surface area contributed by atoms with Crippen LogP contribution in [0.25, 0.3) is 21.8 Å². The van der Waals surface area contributed by atoms with E-state index in [1.54, 1.807) is 29.1 Å². The minimum atomic E-state index is -0.167. The summed E-state index contributed by atoms with van der Waals surface area (Å²) < 4.78 is 13.8. The predicted octanol–water partition coefficient (Wildman–Crippen LogP) is 5.30. The second-order valence-electron chi connectivity index (χ2n) is 8.88. The van der Waals surface area contributed by atoms with Crippen LogP contribution in [0.2, 0.25) is 0 Å². The van der Waals surface area contributed by atoms with Gasteiger partial charge >= 0.3 is 6.03 Å². The molecule has 1 N–H and O–H groups in total. The first-order chi connectivity index (χ1) is 17.7. The standard InChI is InChI=1S/C28H29N5O3/c1-2-30-28(34)33-14-9-20-16-22(6-7-25(20)33)36-26-8-10-31-24-18-27(21(19-29)17-23(24)26)35-15-5-13-32-11-3-4-12-32/h6-10,14,16-18H,2-5,11-13,15H2,1H3,(H,30,34). The molecule has 8 nitrogen and oxygen atoms in total. The Hall–Kier alpha value is -4.09. The molecule has 0 saturated carbocycles. The molecule has 0 radical (unpaired) electrons. The van der Waals surface area contributed by atoms with E-state index in [-0.39, 0.29) is 6.03 Å². The van der Waals surface area contributed by atoms with Gasteiger partial charge in [-0.15, -0.1) is 0 Å². The summed E-state index contributed by atoms with van der Waals surface area (Å²) in [6.45, 7) is 6.35. The number of ether oxygens (including phenoxy) is 2. The molecule has 0 atom stereocenters. The quantitative estimate of drug-likeness (QED) is 0.342. The molecular weight excluding hydrogens is 454 g/mol. The zero-order valence-electron chi connectivity index (χ0n) is 20.4. The van der Waals surface area contributed by atoms with Crippen LogP contribution in [-0.2, 0) is 0 Å². The van der Waals surface area contributed by atoms with E-state index in [4.69, 9.17) is 9.47 Å². The lowest BCUT2D eigenvalue weighted by Crippen LogP contribution is -2.27. The molecular formula is C28H29N5O3. The van der Waals surface area contributed by atoms with Crippen molar-refractivity contribution in [1.82, 2.24) is 19.8 Å². The van der Waals surface area contributed by atoms with E-state index >= 15 is 0 Å². The highest BCUT2D eigenvalue weighted by molar-refractivity contribution is 5.92. The number of aromatic nitrogens is 2. The summed E-state index contributed by atoms with van der Waals surface area (Å²) >= 11 is 0. The fraction of sp³-hybridized carbons (Fsp3) is 0.321. The molecule has 1 saturated heterocycles. The summed E-state index contributed by atoms with van der Waals surface area (Å²) in [5.74, 6) is 1.77. The highest BCUT2D eigenvalue weighted by Gasteiger charge is 2.14. The summed E-state index contributed by atoms with van der Waals surface area (Å²) in [5, 5.41) is 14.2. The molecule has 3 heterocycles. The third-order valence-corrected chi connectivity index (χ3v) is 6.43. The van der Waals surface area contributed by atoms with Gasteiger partial charge < -0.3 is 19.7 Å². The van der Waals surface area contributed by atoms with E-state index < -0.39 is 0 Å². The van der Waals surface area contributed by atoms with Gasteiger partial charge in [-0.05, 0) is 75.7 Å². The Bertz CT molecular complexity index is 1430. The van der Waals surface area contributed by atoms with Gasteiger partial charge in [0.15, 0.2) is 0 Å². The van der Waals surface area contributed by atoms with Crippen LogP contribution < -0.4 is 14.8 Å². The van der Waals surface area contributed by atoms with Crippen LogP contribution in [0.1, 0.15) is 31.7 Å². The number of hydrogen-bond donors (Lipinski definition) is 1. The number of fused-ring (bicyclic) bond motifs is 2. The maximum atomic E-state index is 12.2. The summed E-state index contributed by atoms with van der Waals surface area (Å²) in [5.41, 5.74) is 1.95. The Morgan fingerprint density at radius 2 is 2.00 bits per heavy atom. The van der Waals surface area contributed by atoms with Crippen LogP contribution in [0, 0.1) is 11.3 Å². The van der Waals surface area contributed by atoms with Gasteiger partial charge in [0.1, 0.15) is 23.3 Å². The van der Waals surface area contributed by atoms with Gasteiger partial charge in [0.25, 0.3) is 0 Å². The zero-order chi connectivity index (χ0) is 24.9. The van der Waals surface area contributed by atoms with Crippen molar-refractivity contribution in [1.29, 1.82) is 5.26 Å². The fourth-order valence-electron chi connectivity index (χ4n) is 4.65. The Kier molecular flexibility index (Phi) is 7.01. The average molecular weight is 484 g/mol. The number of pyridine rings is 1. The molecule has 2 aromatic carbocycles. The van der Waals surface area contributed by atoms with Crippen LogP contribution in [0.4, 0.5) is 4.79 Å². The molecule has 1 aliphatic rings. The third-order valence-electron chi connectivity index (χ3n) is 6.43. The molecule has 1 amide bonds. The number of nitrogens with zero attached hydrogens (tertiary/aromatic N) is 4. The van der Waals surface area contributed by atoms with Gasteiger partial charge in [-0.2, -0.15) is 5.26 Å². The molecule has 0 bridgehead atoms. The van der Waals surface area contributed by atoms with Crippen LogP contribution in [0.15, 0.2) is 54.9 Å². The first-order valence-corrected chi connectivity index (χ1v) is 12.4. The van der Waals surface area contributed by atoms with Crippen LogP contribution >= 0.6 is 0 Å². The van der Waals surface area contributed by atoms with Crippen molar-refractivity contribution in [2.75, 3.05) is 32.8 Å². The molecule has 1 aliphatic heterocycles. The fourth-order valence-corrected chi connectivity index (χ4v) is 4.65. The number of hydrogen-bond acceptors (Lipinski definition) is 6. The van der Waals surface area contributed by atoms with Crippen molar-refractivity contribution in [3.05, 3.63) is 60.4 Å². The minimum Gasteiger partial charge on any atom is -0.492 e. The number of amides is 1. The molecule has 184 valence electrons. The molecule has 0 unspecified atom stereocenters. The van der Waals surface area contributed by atoms with Gasteiger partial charge in [0, 0.05) is 42.3 Å². The van der Waals surface area contributed by atoms with Crippen molar-refractivity contribution in [3.63, 3.8) is 0 Å². The van der Waals surface area contributed by atoms with E-state index in [0.29, 0.717) is 41.5 Å². The highest BCUT2D eigenvalue weighted by atomic mass is 16.5. The van der Waals surface area contributed by atoms with Crippen molar-refractivity contribution in [2.45, 2.75) is 26.2 Å². The first kappa shape index (κ1) is 23.6. The molecule has 36 heavy (non-hydrogen) atoms. The largest absolute Gasteiger partial charge is 0.492 e. The van der Waals surface area contributed by atoms with Gasteiger partial charge in [-0.25, -0.2) is 4.79 Å². The number of nitrogens with one attached hydrogen (secondary N) is 1. The van der Waals surface area contributed by atoms with Crippen molar-refractivity contribution in [2.24, 2.45) is 0 Å². The van der Waals surface area contributed by atoms with Crippen LogP contribution in [0.5, 0.6) is 17.2 Å². The SMILES string of the molecule is CCNC(=O)n1ccc2cc(Oc3ccnc4cc(OCCCN5CCCC5)c(C#N)cc34)ccc21. The van der Waals surface area contributed by atoms with Crippen molar-refractivity contribution < 1.29 is 14.3 Å². The molecule has 2 aromatic heterocycles. The lowest BCUT2D eigenvalue weighted by atomic mass is 10.1. The topological polar surface area (TPSA) is 92.4 Å². The molecule has 8 heteroatoms. The van der Waals surface area contributed by atoms with Crippen LogP contribution in [0.3, 0.4) is 0 Å². The maximum Gasteiger partial charge on any atom is 0.326 e. The lowest BCUT2D eigenvalue weighted by molar-refractivity contribution is 0.244. The lowest BCUT2D eigenvalue weighted by Gasteiger charge is -2.15. The number of carbonyl (C=O) groups excluding carboxylic acids is 1. The number of nitriles is 1. The normalized spacial score (nSPS) is 13.7. The van der Waals surface area contributed by atoms with Gasteiger partial charge in [0.2, 0.25) is 0 Å². The zero-order valence-corrected chi connectivity index (χ0v) is 20.4. The summed E-state index contributed by atoms with van der Waals surface area (Å²) in [7, 11) is 0. The van der Waals surface area contributed by atoms with Crippen LogP contribution in [-0.4, -0.2) is 53.3 Å². The van der Waals surface area contributed by atoms with Crippen molar-refractivity contribution >= 4 is 27.8 Å². The second-order valence-corrected chi connectivity index (χ2v) is 8.88. The first-order valence-electron chi connectivity index (χ1n) is 12.4. The molecule has 0 aliphatic carbocycles. The number of rotatable bonds is 8. The molecule has 1 fully saturated rings. The Morgan fingerprint density at radius 3 is 2.81 bits per heavy atom. The Balaban J connectivity index is 1.35. The number of benzene rings is 2. The van der Waals surface area contributed by atoms with E-state index in [9.17, 15) is 10.1 Å². The third kappa shape index (κ3) is 4.97. The van der Waals surface area contributed by atoms with E-state index in [2.05, 4.69) is 21.3 Å². The monoisotopic (exact) mass is 483 g/mol. The average Bonchev–Trinajstić information content (AvgIpc) is 3.56. The minimum absolute atomic E-state index is 0.167. The summed E-state index contributed by atoms with van der Waals surface area (Å²) in [4.78, 5) is 19.2. The molecule has 5 rings (SSSR count). The van der Waals surface area contributed by atoms with Crippen molar-refractivity contribution in [3.8, 4) is 23.3 Å². The number of carbonyl (C=O) groups is 1. The van der Waals surface area contributed by atoms with E-state index in [1.807, 2.05) is 37.3 Å². The van der Waals surface area contributed by atoms with Gasteiger partial charge in [-0.1, -0.05) is 0 Å². The summed E-state index contributed by atoms with van der Waals surface area (Å²) in [6.07, 6.45) is 6.90.